The van der Waals surface area contributed by atoms with E-state index < -0.39 is 11.6 Å². The summed E-state index contributed by atoms with van der Waals surface area (Å²) in [5, 5.41) is 0. The van der Waals surface area contributed by atoms with Crippen molar-refractivity contribution in [1.82, 2.24) is 0 Å². The van der Waals surface area contributed by atoms with Gasteiger partial charge in [0.15, 0.2) is 0 Å². The lowest BCUT2D eigenvalue weighted by atomic mass is 9.84. The van der Waals surface area contributed by atoms with Gasteiger partial charge < -0.3 is 11.5 Å². The fourth-order valence-electron chi connectivity index (χ4n) is 1.05. The van der Waals surface area contributed by atoms with Gasteiger partial charge in [0, 0.05) is 5.57 Å². The Hall–Kier alpha value is -1.48. The molecule has 0 aliphatic heterocycles. The van der Waals surface area contributed by atoms with E-state index in [0.29, 0.717) is 5.57 Å². The van der Waals surface area contributed by atoms with Crippen molar-refractivity contribution in [3.8, 4) is 24.7 Å². The van der Waals surface area contributed by atoms with Crippen LogP contribution < -0.4 is 11.5 Å². The van der Waals surface area contributed by atoms with E-state index in [9.17, 15) is 0 Å². The number of terminal acetylenes is 2. The van der Waals surface area contributed by atoms with Gasteiger partial charge in [0.1, 0.15) is 5.54 Å². The number of rotatable bonds is 0. The van der Waals surface area contributed by atoms with Crippen molar-refractivity contribution in [2.75, 3.05) is 0 Å². The Morgan fingerprint density at radius 1 is 1.50 bits per heavy atom. The minimum Gasteiger partial charge on any atom is -0.321 e. The van der Waals surface area contributed by atoms with Crippen LogP contribution in [0.2, 0.25) is 0 Å². The third kappa shape index (κ3) is 1.14. The summed E-state index contributed by atoms with van der Waals surface area (Å²) in [6.45, 7) is 0. The van der Waals surface area contributed by atoms with E-state index in [1.807, 2.05) is 0 Å². The summed E-state index contributed by atoms with van der Waals surface area (Å²) >= 11 is 0. The molecule has 0 spiro atoms. The molecule has 1 rings (SSSR count). The van der Waals surface area contributed by atoms with E-state index in [0.717, 1.165) is 0 Å². The van der Waals surface area contributed by atoms with Gasteiger partial charge in [-0.1, -0.05) is 24.0 Å². The summed E-state index contributed by atoms with van der Waals surface area (Å²) in [4.78, 5) is 0. The van der Waals surface area contributed by atoms with Crippen molar-refractivity contribution in [2.45, 2.75) is 11.6 Å². The van der Waals surface area contributed by atoms with E-state index in [4.69, 9.17) is 24.3 Å². The molecule has 0 radical (unpaired) electrons. The molecule has 0 saturated heterocycles. The van der Waals surface area contributed by atoms with Gasteiger partial charge in [-0.15, -0.1) is 12.8 Å². The maximum atomic E-state index is 5.78. The molecule has 1 aliphatic carbocycles. The van der Waals surface area contributed by atoms with Gasteiger partial charge in [0.2, 0.25) is 0 Å². The molecule has 0 aromatic heterocycles. The van der Waals surface area contributed by atoms with Crippen LogP contribution in [-0.2, 0) is 0 Å². The lowest BCUT2D eigenvalue weighted by molar-refractivity contribution is 0.577. The van der Waals surface area contributed by atoms with E-state index in [1.54, 1.807) is 18.2 Å². The Morgan fingerprint density at radius 3 is 2.67 bits per heavy atom. The number of nitrogens with two attached hydrogens (primary N) is 2. The normalized spacial score (nSPS) is 33.3. The first-order valence-corrected chi connectivity index (χ1v) is 3.52. The van der Waals surface area contributed by atoms with Gasteiger partial charge in [0.25, 0.3) is 0 Å². The van der Waals surface area contributed by atoms with Gasteiger partial charge in [-0.2, -0.15) is 0 Å². The largest absolute Gasteiger partial charge is 0.321 e. The molecule has 2 nitrogen and oxygen atoms in total. The zero-order chi connectivity index (χ0) is 9.19. The van der Waals surface area contributed by atoms with Crippen molar-refractivity contribution in [3.05, 3.63) is 23.8 Å². The first kappa shape index (κ1) is 8.62. The van der Waals surface area contributed by atoms with Crippen molar-refractivity contribution in [2.24, 2.45) is 11.5 Å². The zero-order valence-corrected chi connectivity index (χ0v) is 6.62. The standard InChI is InChI=1S/C10H10N2/c1-3-8-6-5-7-10(12,4-2)9(8)11/h1-2,5-7,9H,11-12H2. The van der Waals surface area contributed by atoms with Crippen molar-refractivity contribution < 1.29 is 0 Å². The summed E-state index contributed by atoms with van der Waals surface area (Å²) in [7, 11) is 0. The van der Waals surface area contributed by atoms with Gasteiger partial charge in [-0.05, 0) is 6.08 Å². The molecule has 0 aromatic rings. The fraction of sp³-hybridized carbons (Fsp3) is 0.200. The minimum atomic E-state index is -0.934. The summed E-state index contributed by atoms with van der Waals surface area (Å²) < 4.78 is 0. The van der Waals surface area contributed by atoms with E-state index in [2.05, 4.69) is 11.8 Å². The van der Waals surface area contributed by atoms with Crippen LogP contribution in [-0.4, -0.2) is 11.6 Å². The number of hydrogen-bond acceptors (Lipinski definition) is 2. The zero-order valence-electron chi connectivity index (χ0n) is 6.62. The fourth-order valence-corrected chi connectivity index (χ4v) is 1.05. The minimum absolute atomic E-state index is 0.475. The maximum Gasteiger partial charge on any atom is 0.116 e. The molecular formula is C10H10N2. The van der Waals surface area contributed by atoms with Crippen LogP contribution in [0.15, 0.2) is 23.8 Å². The quantitative estimate of drug-likeness (QED) is 0.479. The summed E-state index contributed by atoms with van der Waals surface area (Å²) in [6.07, 6.45) is 15.6. The number of hydrogen-bond donors (Lipinski definition) is 2. The monoisotopic (exact) mass is 158 g/mol. The van der Waals surface area contributed by atoms with Crippen LogP contribution in [0.5, 0.6) is 0 Å². The Labute approximate surface area is 72.3 Å². The second-order valence-electron chi connectivity index (χ2n) is 2.68. The van der Waals surface area contributed by atoms with Crippen LogP contribution >= 0.6 is 0 Å². The van der Waals surface area contributed by atoms with Crippen LogP contribution in [0.3, 0.4) is 0 Å². The molecule has 0 heterocycles. The highest BCUT2D eigenvalue weighted by atomic mass is 14.8. The molecule has 4 N–H and O–H groups in total. The summed E-state index contributed by atoms with van der Waals surface area (Å²) in [5.41, 5.74) is 11.2. The highest BCUT2D eigenvalue weighted by molar-refractivity contribution is 5.47. The molecule has 60 valence electrons. The Kier molecular flexibility index (Phi) is 2.06. The summed E-state index contributed by atoms with van der Waals surface area (Å²) in [6, 6.07) is -0.475. The Bertz CT molecular complexity index is 325. The average molecular weight is 158 g/mol. The van der Waals surface area contributed by atoms with Crippen LogP contribution in [0.25, 0.3) is 0 Å². The topological polar surface area (TPSA) is 52.0 Å². The highest BCUT2D eigenvalue weighted by Crippen LogP contribution is 2.18. The molecule has 2 atom stereocenters. The lowest BCUT2D eigenvalue weighted by Gasteiger charge is -2.29. The van der Waals surface area contributed by atoms with Crippen LogP contribution in [0.1, 0.15) is 0 Å². The van der Waals surface area contributed by atoms with Crippen LogP contribution in [0, 0.1) is 24.7 Å². The SMILES string of the molecule is C#CC1=CC=CC(N)(C#C)C1N. The van der Waals surface area contributed by atoms with Gasteiger partial charge >= 0.3 is 0 Å². The molecular weight excluding hydrogens is 148 g/mol. The highest BCUT2D eigenvalue weighted by Gasteiger charge is 2.31. The first-order valence-electron chi connectivity index (χ1n) is 3.52. The molecule has 2 heteroatoms. The molecule has 1 aliphatic rings. The third-order valence-corrected chi connectivity index (χ3v) is 1.91. The predicted octanol–water partition coefficient (Wildman–Crippen LogP) is -0.226. The lowest BCUT2D eigenvalue weighted by Crippen LogP contribution is -2.54. The maximum absolute atomic E-state index is 5.78. The second kappa shape index (κ2) is 2.87. The van der Waals surface area contributed by atoms with Crippen molar-refractivity contribution in [1.29, 1.82) is 0 Å². The van der Waals surface area contributed by atoms with Gasteiger partial charge in [0.05, 0.1) is 6.04 Å². The second-order valence-corrected chi connectivity index (χ2v) is 2.68. The van der Waals surface area contributed by atoms with Crippen LogP contribution in [0.4, 0.5) is 0 Å². The predicted molar refractivity (Wildman–Crippen MR) is 49.8 cm³/mol. The van der Waals surface area contributed by atoms with Crippen molar-refractivity contribution >= 4 is 0 Å². The van der Waals surface area contributed by atoms with E-state index in [1.165, 1.54) is 0 Å². The third-order valence-electron chi connectivity index (χ3n) is 1.91. The molecule has 0 aromatic carbocycles. The van der Waals surface area contributed by atoms with E-state index >= 15 is 0 Å². The van der Waals surface area contributed by atoms with Crippen molar-refractivity contribution in [3.63, 3.8) is 0 Å². The molecule has 0 fully saturated rings. The van der Waals surface area contributed by atoms with E-state index in [-0.39, 0.29) is 0 Å². The molecule has 2 unspecified atom stereocenters. The Balaban J connectivity index is 3.07. The van der Waals surface area contributed by atoms with Gasteiger partial charge in [-0.25, -0.2) is 0 Å². The first-order chi connectivity index (χ1) is 5.64. The average Bonchev–Trinajstić information content (AvgIpc) is 2.10. The summed E-state index contributed by atoms with van der Waals surface area (Å²) in [5.74, 6) is 4.88. The smallest absolute Gasteiger partial charge is 0.116 e. The molecule has 12 heavy (non-hydrogen) atoms. The molecule has 0 bridgehead atoms. The number of allylic oxidation sites excluding steroid dienone is 2. The molecule has 0 saturated carbocycles. The van der Waals surface area contributed by atoms with Gasteiger partial charge in [-0.3, -0.25) is 0 Å². The molecule has 0 amide bonds. The Morgan fingerprint density at radius 2 is 2.17 bits per heavy atom.